The second kappa shape index (κ2) is 8.75. The molecule has 0 fully saturated rings. The summed E-state index contributed by atoms with van der Waals surface area (Å²) >= 11 is 0. The van der Waals surface area contributed by atoms with Crippen LogP contribution in [0.3, 0.4) is 0 Å². The van der Waals surface area contributed by atoms with E-state index in [1.54, 1.807) is 26.2 Å². The number of ether oxygens (including phenoxy) is 4. The molecule has 2 aromatic rings. The molecule has 26 heavy (non-hydrogen) atoms. The number of hydrazone groups is 1. The summed E-state index contributed by atoms with van der Waals surface area (Å²) in [5, 5.41) is 4.16. The molecule has 0 heterocycles. The first-order chi connectivity index (χ1) is 12.5. The third-order valence-corrected chi connectivity index (χ3v) is 3.75. The van der Waals surface area contributed by atoms with E-state index in [0.717, 1.165) is 5.56 Å². The Morgan fingerprint density at radius 2 is 1.46 bits per heavy atom. The van der Waals surface area contributed by atoms with E-state index in [1.165, 1.54) is 21.3 Å². The van der Waals surface area contributed by atoms with Crippen molar-refractivity contribution in [2.75, 3.05) is 28.4 Å². The summed E-state index contributed by atoms with van der Waals surface area (Å²) in [7, 11) is 6.06. The summed E-state index contributed by atoms with van der Waals surface area (Å²) in [5.74, 6) is 1.47. The van der Waals surface area contributed by atoms with Crippen molar-refractivity contribution < 1.29 is 23.7 Å². The van der Waals surface area contributed by atoms with Gasteiger partial charge in [0.2, 0.25) is 5.75 Å². The van der Waals surface area contributed by atoms with Gasteiger partial charge in [-0.25, -0.2) is 5.43 Å². The number of carbonyl (C=O) groups is 1. The van der Waals surface area contributed by atoms with E-state index in [1.807, 2.05) is 24.3 Å². The first-order valence-corrected chi connectivity index (χ1v) is 7.83. The van der Waals surface area contributed by atoms with Gasteiger partial charge in [0.05, 0.1) is 34.2 Å². The number of nitrogens with one attached hydrogen (secondary N) is 1. The summed E-state index contributed by atoms with van der Waals surface area (Å²) in [6.45, 7) is 1.79. The van der Waals surface area contributed by atoms with E-state index in [0.29, 0.717) is 34.3 Å². The maximum Gasteiger partial charge on any atom is 0.271 e. The molecule has 0 aliphatic carbocycles. The van der Waals surface area contributed by atoms with Gasteiger partial charge in [-0.05, 0) is 31.2 Å². The molecule has 0 bridgehead atoms. The molecule has 0 saturated carbocycles. The first-order valence-electron chi connectivity index (χ1n) is 7.83. The number of benzene rings is 2. The second-order valence-corrected chi connectivity index (χ2v) is 5.25. The number of amides is 1. The molecule has 0 saturated heterocycles. The smallest absolute Gasteiger partial charge is 0.271 e. The maximum absolute atomic E-state index is 12.5. The van der Waals surface area contributed by atoms with Crippen LogP contribution in [0.25, 0.3) is 0 Å². The van der Waals surface area contributed by atoms with Crippen molar-refractivity contribution in [3.8, 4) is 23.0 Å². The molecule has 0 radical (unpaired) electrons. The fraction of sp³-hybridized carbons (Fsp3) is 0.263. The van der Waals surface area contributed by atoms with Crippen molar-refractivity contribution in [3.63, 3.8) is 0 Å². The summed E-state index contributed by atoms with van der Waals surface area (Å²) in [6, 6.07) is 10.6. The number of hydrogen-bond acceptors (Lipinski definition) is 6. The molecule has 138 valence electrons. The molecule has 7 nitrogen and oxygen atoms in total. The Bertz CT molecular complexity index is 792. The summed E-state index contributed by atoms with van der Waals surface area (Å²) in [5.41, 5.74) is 4.27. The summed E-state index contributed by atoms with van der Waals surface area (Å²) < 4.78 is 21.1. The van der Waals surface area contributed by atoms with Gasteiger partial charge < -0.3 is 18.9 Å². The molecule has 0 spiro atoms. The molecule has 2 aromatic carbocycles. The van der Waals surface area contributed by atoms with E-state index in [4.69, 9.17) is 18.9 Å². The van der Waals surface area contributed by atoms with Crippen molar-refractivity contribution in [2.45, 2.75) is 6.92 Å². The highest BCUT2D eigenvalue weighted by Gasteiger charge is 2.17. The molecule has 1 N–H and O–H groups in total. The molecule has 1 amide bonds. The molecule has 7 heteroatoms. The Hall–Kier alpha value is -3.22. The van der Waals surface area contributed by atoms with E-state index in [9.17, 15) is 4.79 Å². The van der Waals surface area contributed by atoms with Crippen LogP contribution in [0.4, 0.5) is 0 Å². The lowest BCUT2D eigenvalue weighted by molar-refractivity contribution is 0.0954. The van der Waals surface area contributed by atoms with Crippen LogP contribution in [0.1, 0.15) is 22.8 Å². The highest BCUT2D eigenvalue weighted by Crippen LogP contribution is 2.38. The zero-order chi connectivity index (χ0) is 19.1. The molecule has 2 rings (SSSR count). The van der Waals surface area contributed by atoms with Crippen molar-refractivity contribution in [2.24, 2.45) is 5.10 Å². The predicted molar refractivity (Wildman–Crippen MR) is 98.8 cm³/mol. The highest BCUT2D eigenvalue weighted by atomic mass is 16.5. The van der Waals surface area contributed by atoms with Gasteiger partial charge in [0, 0.05) is 11.1 Å². The number of hydrogen-bond donors (Lipinski definition) is 1. The number of carbonyl (C=O) groups excluding carboxylic acids is 1. The standard InChI is InChI=1S/C19H22N2O5/c1-12(14-8-6-7-9-15(14)23-2)20-21-19(22)13-10-16(24-3)18(26-5)17(11-13)25-4/h6-11H,1-5H3,(H,21,22)/b20-12+. The van der Waals surface area contributed by atoms with Gasteiger partial charge in [0.1, 0.15) is 5.75 Å². The van der Waals surface area contributed by atoms with E-state index >= 15 is 0 Å². The third kappa shape index (κ3) is 4.05. The number of para-hydroxylation sites is 1. The lowest BCUT2D eigenvalue weighted by atomic mass is 10.1. The maximum atomic E-state index is 12.5. The minimum absolute atomic E-state index is 0.330. The topological polar surface area (TPSA) is 78.4 Å². The van der Waals surface area contributed by atoms with Gasteiger partial charge in [-0.2, -0.15) is 5.10 Å². The van der Waals surface area contributed by atoms with Gasteiger partial charge in [-0.15, -0.1) is 0 Å². The molecule has 0 unspecified atom stereocenters. The SMILES string of the molecule is COc1ccccc1/C(C)=N/NC(=O)c1cc(OC)c(OC)c(OC)c1. The molecular formula is C19H22N2O5. The highest BCUT2D eigenvalue weighted by molar-refractivity contribution is 6.02. The Kier molecular flexibility index (Phi) is 6.43. The minimum Gasteiger partial charge on any atom is -0.496 e. The van der Waals surface area contributed by atoms with Crippen LogP contribution >= 0.6 is 0 Å². The van der Waals surface area contributed by atoms with E-state index < -0.39 is 5.91 Å². The largest absolute Gasteiger partial charge is 0.496 e. The Morgan fingerprint density at radius 3 is 2.00 bits per heavy atom. The third-order valence-electron chi connectivity index (χ3n) is 3.75. The van der Waals surface area contributed by atoms with Gasteiger partial charge >= 0.3 is 0 Å². The van der Waals surface area contributed by atoms with Crippen LogP contribution in [-0.4, -0.2) is 40.1 Å². The fourth-order valence-corrected chi connectivity index (χ4v) is 2.42. The summed E-state index contributed by atoms with van der Waals surface area (Å²) in [6.07, 6.45) is 0. The van der Waals surface area contributed by atoms with E-state index in [2.05, 4.69) is 10.5 Å². The molecule has 0 aromatic heterocycles. The van der Waals surface area contributed by atoms with Crippen LogP contribution < -0.4 is 24.4 Å². The monoisotopic (exact) mass is 358 g/mol. The van der Waals surface area contributed by atoms with Crippen molar-refractivity contribution in [1.82, 2.24) is 5.43 Å². The minimum atomic E-state index is -0.404. The van der Waals surface area contributed by atoms with Crippen molar-refractivity contribution in [1.29, 1.82) is 0 Å². The predicted octanol–water partition coefficient (Wildman–Crippen LogP) is 2.88. The first kappa shape index (κ1) is 19.1. The molecule has 0 atom stereocenters. The van der Waals surface area contributed by atoms with Gasteiger partial charge in [0.25, 0.3) is 5.91 Å². The zero-order valence-corrected chi connectivity index (χ0v) is 15.5. The number of rotatable bonds is 7. The average molecular weight is 358 g/mol. The number of nitrogens with zero attached hydrogens (tertiary/aromatic N) is 1. The second-order valence-electron chi connectivity index (χ2n) is 5.25. The quantitative estimate of drug-likeness (QED) is 0.608. The zero-order valence-electron chi connectivity index (χ0n) is 15.5. The lowest BCUT2D eigenvalue weighted by Crippen LogP contribution is -2.19. The molecule has 0 aliphatic rings. The van der Waals surface area contributed by atoms with Gasteiger partial charge in [0.15, 0.2) is 11.5 Å². The molecular weight excluding hydrogens is 336 g/mol. The van der Waals surface area contributed by atoms with Crippen LogP contribution in [0.15, 0.2) is 41.5 Å². The van der Waals surface area contributed by atoms with E-state index in [-0.39, 0.29) is 0 Å². The number of methoxy groups -OCH3 is 4. The van der Waals surface area contributed by atoms with Crippen LogP contribution in [0.5, 0.6) is 23.0 Å². The van der Waals surface area contributed by atoms with Crippen LogP contribution in [0.2, 0.25) is 0 Å². The normalized spacial score (nSPS) is 10.9. The van der Waals surface area contributed by atoms with Crippen molar-refractivity contribution >= 4 is 11.6 Å². The van der Waals surface area contributed by atoms with Crippen LogP contribution in [-0.2, 0) is 0 Å². The Morgan fingerprint density at radius 1 is 0.885 bits per heavy atom. The molecule has 0 aliphatic heterocycles. The Labute approximate surface area is 152 Å². The lowest BCUT2D eigenvalue weighted by Gasteiger charge is -2.13. The van der Waals surface area contributed by atoms with Gasteiger partial charge in [-0.1, -0.05) is 12.1 Å². The van der Waals surface area contributed by atoms with Gasteiger partial charge in [-0.3, -0.25) is 4.79 Å². The summed E-state index contributed by atoms with van der Waals surface area (Å²) in [4.78, 5) is 12.5. The fourth-order valence-electron chi connectivity index (χ4n) is 2.42. The van der Waals surface area contributed by atoms with Crippen molar-refractivity contribution in [3.05, 3.63) is 47.5 Å². The Balaban J connectivity index is 2.27. The van der Waals surface area contributed by atoms with Crippen LogP contribution in [0, 0.1) is 0 Å². The average Bonchev–Trinajstić information content (AvgIpc) is 2.70.